The molecular weight excluding hydrogens is 590 g/mol. The van der Waals surface area contributed by atoms with E-state index in [-0.39, 0.29) is 12.2 Å². The number of phenols is 1. The molecule has 0 bridgehead atoms. The summed E-state index contributed by atoms with van der Waals surface area (Å²) in [5, 5.41) is 33.6. The zero-order chi connectivity index (χ0) is 34.6. The number of amides is 1. The maximum atomic E-state index is 13.7. The second-order valence-corrected chi connectivity index (χ2v) is 12.9. The van der Waals surface area contributed by atoms with Gasteiger partial charge in [0.25, 0.3) is 0 Å². The first-order valence-electron chi connectivity index (χ1n) is 16.7. The van der Waals surface area contributed by atoms with Crippen molar-refractivity contribution < 1.29 is 44.0 Å². The van der Waals surface area contributed by atoms with Crippen molar-refractivity contribution in [3.8, 4) is 5.75 Å². The van der Waals surface area contributed by atoms with Crippen LogP contribution in [0.3, 0.4) is 0 Å². The van der Waals surface area contributed by atoms with Crippen molar-refractivity contribution in [2.75, 3.05) is 13.7 Å². The Kier molecular flexibility index (Phi) is 19.1. The standard InChI is InChI=1S/C36H57NO9/c1-6-7-8-11-14-17-28(39)18-15-12-9-10-13-16-19-30(36(44,24-25-38)34(43)46-35(2,3)4)32(41)37-31(33(42)45-5)26-27-20-22-29(40)23-21-27/h16,19-23,30-31,38,40,44H,6-15,17-18,24-26H2,1-5H3,(H,37,41)/b19-16+/t30-,31?,36-/m1/s1. The van der Waals surface area contributed by atoms with E-state index in [0.717, 1.165) is 38.5 Å². The molecule has 260 valence electrons. The van der Waals surface area contributed by atoms with Crippen LogP contribution in [0.25, 0.3) is 0 Å². The molecule has 10 nitrogen and oxygen atoms in total. The van der Waals surface area contributed by atoms with Crippen molar-refractivity contribution in [1.29, 1.82) is 0 Å². The predicted molar refractivity (Wildman–Crippen MR) is 177 cm³/mol. The quantitative estimate of drug-likeness (QED) is 0.0684. The minimum absolute atomic E-state index is 0.0291. The van der Waals surface area contributed by atoms with Crippen molar-refractivity contribution in [1.82, 2.24) is 5.32 Å². The molecule has 0 aromatic heterocycles. The lowest BCUT2D eigenvalue weighted by Gasteiger charge is -2.34. The van der Waals surface area contributed by atoms with Crippen LogP contribution >= 0.6 is 0 Å². The van der Waals surface area contributed by atoms with Gasteiger partial charge in [-0.3, -0.25) is 9.59 Å². The van der Waals surface area contributed by atoms with Crippen LogP contribution in [0, 0.1) is 5.92 Å². The Hall–Kier alpha value is -3.24. The minimum Gasteiger partial charge on any atom is -0.508 e. The molecular formula is C36H57NO9. The molecule has 3 atom stereocenters. The van der Waals surface area contributed by atoms with Crippen LogP contribution in [-0.2, 0) is 35.1 Å². The number of hydrogen-bond donors (Lipinski definition) is 4. The number of aromatic hydroxyl groups is 1. The van der Waals surface area contributed by atoms with Crippen LogP contribution in [0.1, 0.15) is 117 Å². The van der Waals surface area contributed by atoms with Gasteiger partial charge in [0, 0.05) is 32.3 Å². The molecule has 0 radical (unpaired) electrons. The number of allylic oxidation sites excluding steroid dienone is 1. The molecule has 1 rings (SSSR count). The largest absolute Gasteiger partial charge is 0.508 e. The molecule has 0 saturated heterocycles. The van der Waals surface area contributed by atoms with Gasteiger partial charge < -0.3 is 30.1 Å². The molecule has 0 aliphatic carbocycles. The van der Waals surface area contributed by atoms with E-state index in [2.05, 4.69) is 12.2 Å². The third-order valence-corrected chi connectivity index (χ3v) is 7.68. The summed E-state index contributed by atoms with van der Waals surface area (Å²) in [5.74, 6) is -3.76. The summed E-state index contributed by atoms with van der Waals surface area (Å²) < 4.78 is 10.3. The Balaban J connectivity index is 2.97. The van der Waals surface area contributed by atoms with Crippen molar-refractivity contribution in [2.45, 2.75) is 135 Å². The molecule has 0 aliphatic heterocycles. The van der Waals surface area contributed by atoms with E-state index >= 15 is 0 Å². The Morgan fingerprint density at radius 1 is 0.913 bits per heavy atom. The third-order valence-electron chi connectivity index (χ3n) is 7.68. The summed E-state index contributed by atoms with van der Waals surface area (Å²) in [5.41, 5.74) is -2.76. The highest BCUT2D eigenvalue weighted by Gasteiger charge is 2.49. The number of hydrogen-bond acceptors (Lipinski definition) is 9. The van der Waals surface area contributed by atoms with Gasteiger partial charge in [-0.1, -0.05) is 69.7 Å². The number of aliphatic hydroxyl groups is 2. The highest BCUT2D eigenvalue weighted by Crippen LogP contribution is 2.28. The van der Waals surface area contributed by atoms with E-state index in [1.54, 1.807) is 39.0 Å². The number of ketones is 1. The van der Waals surface area contributed by atoms with Crippen molar-refractivity contribution in [2.24, 2.45) is 5.92 Å². The highest BCUT2D eigenvalue weighted by atomic mass is 16.6. The number of benzene rings is 1. The number of nitrogens with one attached hydrogen (secondary N) is 1. The number of methoxy groups -OCH3 is 1. The van der Waals surface area contributed by atoms with Gasteiger partial charge >= 0.3 is 11.9 Å². The number of unbranched alkanes of at least 4 members (excludes halogenated alkanes) is 8. The third kappa shape index (κ3) is 15.9. The molecule has 10 heteroatoms. The van der Waals surface area contributed by atoms with Gasteiger partial charge in [0.05, 0.1) is 13.0 Å². The topological polar surface area (TPSA) is 159 Å². The van der Waals surface area contributed by atoms with Crippen molar-refractivity contribution in [3.05, 3.63) is 42.0 Å². The minimum atomic E-state index is -2.42. The predicted octanol–water partition coefficient (Wildman–Crippen LogP) is 5.49. The maximum Gasteiger partial charge on any atom is 0.339 e. The first kappa shape index (κ1) is 40.8. The molecule has 0 spiro atoms. The summed E-state index contributed by atoms with van der Waals surface area (Å²) in [4.78, 5) is 51.7. The van der Waals surface area contributed by atoms with Gasteiger partial charge in [-0.05, 0) is 64.2 Å². The van der Waals surface area contributed by atoms with Gasteiger partial charge in [-0.15, -0.1) is 0 Å². The fraction of sp³-hybridized carbons (Fsp3) is 0.667. The lowest BCUT2D eigenvalue weighted by Crippen LogP contribution is -2.56. The first-order valence-corrected chi connectivity index (χ1v) is 16.7. The maximum absolute atomic E-state index is 13.7. The van der Waals surface area contributed by atoms with Gasteiger partial charge in [0.15, 0.2) is 5.60 Å². The molecule has 46 heavy (non-hydrogen) atoms. The van der Waals surface area contributed by atoms with E-state index in [9.17, 15) is 34.5 Å². The molecule has 4 N–H and O–H groups in total. The van der Waals surface area contributed by atoms with Crippen LogP contribution in [0.2, 0.25) is 0 Å². The average Bonchev–Trinajstić information content (AvgIpc) is 2.99. The lowest BCUT2D eigenvalue weighted by atomic mass is 9.82. The van der Waals surface area contributed by atoms with Crippen LogP contribution < -0.4 is 5.32 Å². The molecule has 1 aromatic rings. The van der Waals surface area contributed by atoms with E-state index < -0.39 is 54.0 Å². The van der Waals surface area contributed by atoms with E-state index in [4.69, 9.17) is 9.47 Å². The van der Waals surface area contributed by atoms with E-state index in [0.29, 0.717) is 30.6 Å². The van der Waals surface area contributed by atoms with E-state index in [1.807, 2.05) is 0 Å². The van der Waals surface area contributed by atoms with Crippen molar-refractivity contribution in [3.63, 3.8) is 0 Å². The fourth-order valence-corrected chi connectivity index (χ4v) is 5.07. The van der Waals surface area contributed by atoms with Crippen LogP contribution in [0.5, 0.6) is 5.75 Å². The molecule has 1 unspecified atom stereocenters. The zero-order valence-electron chi connectivity index (χ0n) is 28.5. The SMILES string of the molecule is CCCCCCCC(=O)CCCCCC/C=C/[C@H](C(=O)NC(Cc1ccc(O)cc1)C(=O)OC)[C@](O)(CCO)C(=O)OC(C)(C)C. The van der Waals surface area contributed by atoms with Gasteiger partial charge in [-0.2, -0.15) is 0 Å². The van der Waals surface area contributed by atoms with Crippen molar-refractivity contribution >= 4 is 23.6 Å². The second-order valence-electron chi connectivity index (χ2n) is 12.9. The number of phenolic OH excluding ortho intramolecular Hbond substituents is 1. The summed E-state index contributed by atoms with van der Waals surface area (Å²) in [6, 6.07) is 4.94. The Morgan fingerprint density at radius 3 is 2.04 bits per heavy atom. The lowest BCUT2D eigenvalue weighted by molar-refractivity contribution is -0.185. The summed E-state index contributed by atoms with van der Waals surface area (Å²) in [7, 11) is 1.18. The van der Waals surface area contributed by atoms with Crippen LogP contribution in [0.4, 0.5) is 0 Å². The summed E-state index contributed by atoms with van der Waals surface area (Å²) in [6.07, 6.45) is 13.5. The molecule has 0 heterocycles. The van der Waals surface area contributed by atoms with Gasteiger partial charge in [0.1, 0.15) is 23.2 Å². The second kappa shape index (κ2) is 21.5. The molecule has 0 saturated carbocycles. The molecule has 1 amide bonds. The van der Waals surface area contributed by atoms with E-state index in [1.165, 1.54) is 44.6 Å². The number of carbonyl (C=O) groups is 4. The number of Topliss-reactive ketones (excluding diaryl/α,β-unsaturated/α-hetero) is 1. The zero-order valence-corrected chi connectivity index (χ0v) is 28.5. The highest BCUT2D eigenvalue weighted by molar-refractivity contribution is 5.93. The number of ether oxygens (including phenoxy) is 2. The summed E-state index contributed by atoms with van der Waals surface area (Å²) >= 11 is 0. The van der Waals surface area contributed by atoms with Gasteiger partial charge in [-0.25, -0.2) is 9.59 Å². The first-order chi connectivity index (χ1) is 21.8. The Morgan fingerprint density at radius 2 is 1.50 bits per heavy atom. The Labute approximate surface area is 274 Å². The normalized spacial score (nSPS) is 14.3. The number of carbonyl (C=O) groups excluding carboxylic acids is 4. The van der Waals surface area contributed by atoms with Crippen LogP contribution in [-0.4, -0.2) is 69.9 Å². The average molecular weight is 648 g/mol. The summed E-state index contributed by atoms with van der Waals surface area (Å²) in [6.45, 7) is 6.45. The van der Waals surface area contributed by atoms with Gasteiger partial charge in [0.2, 0.25) is 5.91 Å². The number of rotatable bonds is 23. The molecule has 0 fully saturated rings. The number of aliphatic hydroxyl groups excluding tert-OH is 1. The molecule has 0 aliphatic rings. The smallest absolute Gasteiger partial charge is 0.339 e. The van der Waals surface area contributed by atoms with Crippen LogP contribution in [0.15, 0.2) is 36.4 Å². The molecule has 1 aromatic carbocycles. The Bertz CT molecular complexity index is 1090. The fourth-order valence-electron chi connectivity index (χ4n) is 5.07. The number of esters is 2. The monoisotopic (exact) mass is 647 g/mol.